The first-order valence-electron chi connectivity index (χ1n) is 5.22. The molecule has 0 bridgehead atoms. The van der Waals surface area contributed by atoms with Crippen LogP contribution in [0.5, 0.6) is 0 Å². The Labute approximate surface area is 97.1 Å². The van der Waals surface area contributed by atoms with Gasteiger partial charge in [-0.2, -0.15) is 0 Å². The molecule has 0 N–H and O–H groups in total. The van der Waals surface area contributed by atoms with E-state index in [2.05, 4.69) is 0 Å². The van der Waals surface area contributed by atoms with Crippen LogP contribution in [0.4, 0.5) is 0 Å². The lowest BCUT2D eigenvalue weighted by Gasteiger charge is -2.09. The predicted molar refractivity (Wildman–Crippen MR) is 65.9 cm³/mol. The van der Waals surface area contributed by atoms with E-state index in [1.807, 2.05) is 32.9 Å². The summed E-state index contributed by atoms with van der Waals surface area (Å²) in [6, 6.07) is 4.00. The minimum absolute atomic E-state index is 0.0582. The van der Waals surface area contributed by atoms with Crippen LogP contribution < -0.4 is 0 Å². The summed E-state index contributed by atoms with van der Waals surface area (Å²) in [5.74, 6) is 0.0582. The number of rotatable bonds is 5. The molecule has 0 aliphatic carbocycles. The second kappa shape index (κ2) is 5.97. The predicted octanol–water partition coefficient (Wildman–Crippen LogP) is 2.87. The van der Waals surface area contributed by atoms with Gasteiger partial charge >= 0.3 is 0 Å². The van der Waals surface area contributed by atoms with Gasteiger partial charge in [0, 0.05) is 12.0 Å². The topological polar surface area (TPSA) is 43.4 Å². The van der Waals surface area contributed by atoms with Crippen LogP contribution in [0.15, 0.2) is 12.1 Å². The van der Waals surface area contributed by atoms with E-state index in [0.29, 0.717) is 6.42 Å². The van der Waals surface area contributed by atoms with Crippen molar-refractivity contribution in [3.63, 3.8) is 0 Å². The monoisotopic (exact) mass is 240 g/mol. The van der Waals surface area contributed by atoms with Crippen LogP contribution in [-0.4, -0.2) is 12.4 Å². The second-order valence-electron chi connectivity index (χ2n) is 3.91. The van der Waals surface area contributed by atoms with Gasteiger partial charge in [0.05, 0.1) is 6.61 Å². The number of hydrogen-bond donors (Lipinski definition) is 0. The standard InChI is InChI=1S/C12H17O3P/c1-8-6-9(2)12(10(3)7-8)11(13)4-5-15-16-14/h6-7H,4-5,16H2,1-3H3. The average Bonchev–Trinajstić information content (AvgIpc) is 2.16. The quantitative estimate of drug-likeness (QED) is 0.451. The maximum Gasteiger partial charge on any atom is 0.179 e. The third-order valence-electron chi connectivity index (χ3n) is 2.47. The van der Waals surface area contributed by atoms with Gasteiger partial charge in [0.25, 0.3) is 0 Å². The fraction of sp³-hybridized carbons (Fsp3) is 0.417. The normalized spacial score (nSPS) is 11.2. The van der Waals surface area contributed by atoms with Crippen molar-refractivity contribution in [2.24, 2.45) is 0 Å². The molecule has 1 rings (SSSR count). The summed E-state index contributed by atoms with van der Waals surface area (Å²) in [7, 11) is -1.22. The van der Waals surface area contributed by atoms with Crippen LogP contribution in [0.2, 0.25) is 0 Å². The van der Waals surface area contributed by atoms with E-state index in [9.17, 15) is 9.36 Å². The lowest BCUT2D eigenvalue weighted by molar-refractivity contribution is 0.0964. The van der Waals surface area contributed by atoms with E-state index in [1.54, 1.807) is 0 Å². The van der Waals surface area contributed by atoms with Crippen LogP contribution in [0, 0.1) is 20.8 Å². The Morgan fingerprint density at radius 1 is 1.25 bits per heavy atom. The van der Waals surface area contributed by atoms with Crippen LogP contribution in [0.3, 0.4) is 0 Å². The van der Waals surface area contributed by atoms with Gasteiger partial charge in [-0.25, -0.2) is 0 Å². The Hall–Kier alpha value is -0.920. The van der Waals surface area contributed by atoms with E-state index in [4.69, 9.17) is 4.52 Å². The van der Waals surface area contributed by atoms with Crippen LogP contribution >= 0.6 is 8.69 Å². The lowest BCUT2D eigenvalue weighted by Crippen LogP contribution is -2.07. The van der Waals surface area contributed by atoms with Gasteiger partial charge in [-0.05, 0) is 31.9 Å². The molecule has 0 fully saturated rings. The van der Waals surface area contributed by atoms with Gasteiger partial charge in [0.15, 0.2) is 14.5 Å². The first kappa shape index (κ1) is 13.1. The summed E-state index contributed by atoms with van der Waals surface area (Å²) < 4.78 is 14.9. The molecule has 0 heterocycles. The molecule has 0 aliphatic heterocycles. The van der Waals surface area contributed by atoms with E-state index >= 15 is 0 Å². The SMILES string of the molecule is Cc1cc(C)c(C(=O)CCO[PH2]=O)c(C)c1. The maximum atomic E-state index is 11.9. The van der Waals surface area contributed by atoms with Crippen molar-refractivity contribution in [3.8, 4) is 0 Å². The molecule has 0 aromatic heterocycles. The van der Waals surface area contributed by atoms with Gasteiger partial charge in [0.1, 0.15) is 0 Å². The molecule has 0 radical (unpaired) electrons. The zero-order valence-electron chi connectivity index (χ0n) is 9.87. The first-order chi connectivity index (χ1) is 7.56. The first-order valence-corrected chi connectivity index (χ1v) is 6.17. The Bertz CT molecular complexity index is 390. The average molecular weight is 240 g/mol. The second-order valence-corrected chi connectivity index (χ2v) is 4.44. The van der Waals surface area contributed by atoms with E-state index in [-0.39, 0.29) is 12.4 Å². The Morgan fingerprint density at radius 2 is 1.81 bits per heavy atom. The minimum Gasteiger partial charge on any atom is -0.332 e. The summed E-state index contributed by atoms with van der Waals surface area (Å²) in [5.41, 5.74) is 3.93. The summed E-state index contributed by atoms with van der Waals surface area (Å²) >= 11 is 0. The number of carbonyl (C=O) groups is 1. The number of hydrogen-bond acceptors (Lipinski definition) is 3. The van der Waals surface area contributed by atoms with Crippen molar-refractivity contribution in [3.05, 3.63) is 34.4 Å². The van der Waals surface area contributed by atoms with Gasteiger partial charge in [-0.3, -0.25) is 9.36 Å². The van der Waals surface area contributed by atoms with Gasteiger partial charge in [0.2, 0.25) is 0 Å². The van der Waals surface area contributed by atoms with Crippen molar-refractivity contribution in [1.82, 2.24) is 0 Å². The zero-order valence-corrected chi connectivity index (χ0v) is 11.0. The molecule has 88 valence electrons. The smallest absolute Gasteiger partial charge is 0.179 e. The molecule has 3 nitrogen and oxygen atoms in total. The highest BCUT2D eigenvalue weighted by Gasteiger charge is 2.12. The molecule has 16 heavy (non-hydrogen) atoms. The van der Waals surface area contributed by atoms with E-state index in [0.717, 1.165) is 22.3 Å². The highest BCUT2D eigenvalue weighted by Crippen LogP contribution is 2.18. The lowest BCUT2D eigenvalue weighted by atomic mass is 9.95. The number of aryl methyl sites for hydroxylation is 3. The highest BCUT2D eigenvalue weighted by atomic mass is 31.1. The third-order valence-corrected chi connectivity index (χ3v) is 2.84. The van der Waals surface area contributed by atoms with Crippen molar-refractivity contribution < 1.29 is 13.9 Å². The highest BCUT2D eigenvalue weighted by molar-refractivity contribution is 7.17. The molecule has 0 amide bonds. The van der Waals surface area contributed by atoms with E-state index in [1.165, 1.54) is 0 Å². The zero-order chi connectivity index (χ0) is 12.1. The summed E-state index contributed by atoms with van der Waals surface area (Å²) in [6.07, 6.45) is 0.292. The van der Waals surface area contributed by atoms with Crippen LogP contribution in [0.1, 0.15) is 33.5 Å². The Morgan fingerprint density at radius 3 is 2.31 bits per heavy atom. The van der Waals surface area contributed by atoms with Crippen LogP contribution in [-0.2, 0) is 9.09 Å². The molecule has 1 aromatic rings. The summed E-state index contributed by atoms with van der Waals surface area (Å²) in [6.45, 7) is 6.13. The molecule has 0 saturated heterocycles. The third kappa shape index (κ3) is 3.29. The molecule has 1 atom stereocenters. The molecule has 1 unspecified atom stereocenters. The molecule has 4 heteroatoms. The van der Waals surface area contributed by atoms with Gasteiger partial charge in [-0.15, -0.1) is 0 Å². The molecular weight excluding hydrogens is 223 g/mol. The van der Waals surface area contributed by atoms with Crippen LogP contribution in [0.25, 0.3) is 0 Å². The number of carbonyl (C=O) groups excluding carboxylic acids is 1. The van der Waals surface area contributed by atoms with E-state index < -0.39 is 8.69 Å². The molecule has 0 aliphatic rings. The maximum absolute atomic E-state index is 11.9. The Kier molecular flexibility index (Phi) is 4.91. The van der Waals surface area contributed by atoms with Crippen molar-refractivity contribution >= 4 is 14.5 Å². The van der Waals surface area contributed by atoms with Gasteiger partial charge < -0.3 is 4.52 Å². The largest absolute Gasteiger partial charge is 0.332 e. The Balaban J connectivity index is 2.86. The van der Waals surface area contributed by atoms with Crippen molar-refractivity contribution in [1.29, 1.82) is 0 Å². The van der Waals surface area contributed by atoms with Crippen molar-refractivity contribution in [2.75, 3.05) is 6.61 Å². The minimum atomic E-state index is -1.22. The molecule has 0 saturated carbocycles. The summed E-state index contributed by atoms with van der Waals surface area (Å²) in [5, 5.41) is 0. The number of benzene rings is 1. The molecule has 0 spiro atoms. The number of ketones is 1. The summed E-state index contributed by atoms with van der Waals surface area (Å²) in [4.78, 5) is 11.9. The number of Topliss-reactive ketones (excluding diaryl/α,β-unsaturated/α-hetero) is 1. The van der Waals surface area contributed by atoms with Gasteiger partial charge in [-0.1, -0.05) is 17.7 Å². The fourth-order valence-electron chi connectivity index (χ4n) is 1.94. The molecule has 1 aromatic carbocycles. The molecular formula is C12H17O3P. The van der Waals surface area contributed by atoms with Crippen molar-refractivity contribution in [2.45, 2.75) is 27.2 Å². The fourth-order valence-corrected chi connectivity index (χ4v) is 2.16.